The van der Waals surface area contributed by atoms with Crippen LogP contribution in [0.4, 0.5) is 5.82 Å². The molecule has 1 fully saturated rings. The first-order valence-electron chi connectivity index (χ1n) is 9.40. The average molecular weight is 378 g/mol. The van der Waals surface area contributed by atoms with E-state index in [0.29, 0.717) is 11.7 Å². The molecule has 0 aliphatic carbocycles. The molecule has 0 radical (unpaired) electrons. The van der Waals surface area contributed by atoms with Crippen LogP contribution >= 0.6 is 0 Å². The fraction of sp³-hybridized carbons (Fsp3) is 0.350. The first kappa shape index (κ1) is 18.1. The second-order valence-corrected chi connectivity index (χ2v) is 6.89. The molecule has 8 nitrogen and oxygen atoms in total. The van der Waals surface area contributed by atoms with Crippen LogP contribution in [-0.4, -0.2) is 39.3 Å². The van der Waals surface area contributed by atoms with E-state index in [1.807, 2.05) is 49.4 Å². The van der Waals surface area contributed by atoms with Crippen molar-refractivity contribution in [2.75, 3.05) is 18.0 Å². The lowest BCUT2D eigenvalue weighted by atomic mass is 9.96. The molecule has 0 bridgehead atoms. The van der Waals surface area contributed by atoms with Crippen molar-refractivity contribution in [3.8, 4) is 11.4 Å². The SMILES string of the molecule is Cc1ccc(N2CCC(C(=O)NCc3nc(-c4ccccc4)no3)CC2)nn1. The van der Waals surface area contributed by atoms with Gasteiger partial charge >= 0.3 is 0 Å². The van der Waals surface area contributed by atoms with Crippen LogP contribution in [0.15, 0.2) is 47.0 Å². The number of carbonyl (C=O) groups is 1. The number of nitrogens with zero attached hydrogens (tertiary/aromatic N) is 5. The topological polar surface area (TPSA) is 97.0 Å². The third-order valence-corrected chi connectivity index (χ3v) is 4.89. The summed E-state index contributed by atoms with van der Waals surface area (Å²) >= 11 is 0. The van der Waals surface area contributed by atoms with Gasteiger partial charge in [-0.2, -0.15) is 10.1 Å². The summed E-state index contributed by atoms with van der Waals surface area (Å²) in [5.74, 6) is 1.79. The van der Waals surface area contributed by atoms with Crippen LogP contribution in [-0.2, 0) is 11.3 Å². The van der Waals surface area contributed by atoms with Gasteiger partial charge in [0.2, 0.25) is 17.6 Å². The Bertz CT molecular complexity index is 917. The average Bonchev–Trinajstić information content (AvgIpc) is 3.22. The molecule has 1 saturated heterocycles. The van der Waals surface area contributed by atoms with Gasteiger partial charge in [0, 0.05) is 24.6 Å². The number of aryl methyl sites for hydroxylation is 1. The predicted octanol–water partition coefficient (Wildman–Crippen LogP) is 2.37. The molecule has 144 valence electrons. The molecule has 4 rings (SSSR count). The highest BCUT2D eigenvalue weighted by Crippen LogP contribution is 2.22. The van der Waals surface area contributed by atoms with Crippen molar-refractivity contribution >= 4 is 11.7 Å². The Labute approximate surface area is 163 Å². The Hall–Kier alpha value is -3.29. The lowest BCUT2D eigenvalue weighted by Gasteiger charge is -2.31. The molecule has 1 aliphatic rings. The van der Waals surface area contributed by atoms with Crippen molar-refractivity contribution in [2.24, 2.45) is 5.92 Å². The van der Waals surface area contributed by atoms with Crippen LogP contribution in [0.3, 0.4) is 0 Å². The van der Waals surface area contributed by atoms with Crippen LogP contribution in [0.25, 0.3) is 11.4 Å². The van der Waals surface area contributed by atoms with Gasteiger partial charge in [-0.25, -0.2) is 0 Å². The fourth-order valence-corrected chi connectivity index (χ4v) is 3.27. The van der Waals surface area contributed by atoms with Crippen molar-refractivity contribution in [3.63, 3.8) is 0 Å². The molecular weight excluding hydrogens is 356 g/mol. The highest BCUT2D eigenvalue weighted by atomic mass is 16.5. The van der Waals surface area contributed by atoms with E-state index in [4.69, 9.17) is 4.52 Å². The van der Waals surface area contributed by atoms with Gasteiger partial charge in [0.15, 0.2) is 5.82 Å². The number of rotatable bonds is 5. The number of anilines is 1. The Kier molecular flexibility index (Phi) is 5.27. The van der Waals surface area contributed by atoms with Gasteiger partial charge in [-0.05, 0) is 31.9 Å². The zero-order valence-electron chi connectivity index (χ0n) is 15.7. The van der Waals surface area contributed by atoms with Crippen molar-refractivity contribution in [1.82, 2.24) is 25.7 Å². The molecule has 1 aliphatic heterocycles. The second kappa shape index (κ2) is 8.16. The Morgan fingerprint density at radius 1 is 1.14 bits per heavy atom. The van der Waals surface area contributed by atoms with Crippen LogP contribution in [0, 0.1) is 12.8 Å². The van der Waals surface area contributed by atoms with E-state index in [0.717, 1.165) is 43.0 Å². The number of piperidine rings is 1. The fourth-order valence-electron chi connectivity index (χ4n) is 3.27. The number of benzene rings is 1. The third-order valence-electron chi connectivity index (χ3n) is 4.89. The molecule has 1 aromatic carbocycles. The minimum absolute atomic E-state index is 0.0221. The van der Waals surface area contributed by atoms with Crippen LogP contribution in [0.1, 0.15) is 24.4 Å². The minimum Gasteiger partial charge on any atom is -0.355 e. The maximum absolute atomic E-state index is 12.5. The summed E-state index contributed by atoms with van der Waals surface area (Å²) in [4.78, 5) is 19.0. The maximum atomic E-state index is 12.5. The smallest absolute Gasteiger partial charge is 0.246 e. The molecule has 1 amide bonds. The lowest BCUT2D eigenvalue weighted by molar-refractivity contribution is -0.125. The van der Waals surface area contributed by atoms with Gasteiger partial charge in [-0.3, -0.25) is 4.79 Å². The molecule has 0 saturated carbocycles. The summed E-state index contributed by atoms with van der Waals surface area (Å²) in [6.45, 7) is 3.73. The first-order chi connectivity index (χ1) is 13.7. The lowest BCUT2D eigenvalue weighted by Crippen LogP contribution is -2.40. The number of aromatic nitrogens is 4. The van der Waals surface area contributed by atoms with Gasteiger partial charge < -0.3 is 14.7 Å². The zero-order chi connectivity index (χ0) is 19.3. The Morgan fingerprint density at radius 3 is 2.64 bits per heavy atom. The van der Waals surface area contributed by atoms with Gasteiger partial charge in [-0.15, -0.1) is 5.10 Å². The van der Waals surface area contributed by atoms with E-state index in [-0.39, 0.29) is 18.4 Å². The number of amides is 1. The van der Waals surface area contributed by atoms with Gasteiger partial charge in [0.1, 0.15) is 0 Å². The molecule has 3 aromatic rings. The second-order valence-electron chi connectivity index (χ2n) is 6.89. The summed E-state index contributed by atoms with van der Waals surface area (Å²) in [5.41, 5.74) is 1.78. The molecular formula is C20H22N6O2. The summed E-state index contributed by atoms with van der Waals surface area (Å²) in [6, 6.07) is 13.5. The highest BCUT2D eigenvalue weighted by molar-refractivity contribution is 5.78. The van der Waals surface area contributed by atoms with Crippen molar-refractivity contribution in [3.05, 3.63) is 54.0 Å². The molecule has 0 spiro atoms. The van der Waals surface area contributed by atoms with E-state index in [2.05, 4.69) is 30.6 Å². The van der Waals surface area contributed by atoms with Crippen molar-refractivity contribution in [2.45, 2.75) is 26.3 Å². The first-order valence-corrected chi connectivity index (χ1v) is 9.40. The number of hydrogen-bond donors (Lipinski definition) is 1. The van der Waals surface area contributed by atoms with E-state index in [1.165, 1.54) is 0 Å². The quantitative estimate of drug-likeness (QED) is 0.728. The maximum Gasteiger partial charge on any atom is 0.246 e. The number of hydrogen-bond acceptors (Lipinski definition) is 7. The molecule has 0 atom stereocenters. The number of nitrogens with one attached hydrogen (secondary N) is 1. The molecule has 2 aromatic heterocycles. The third kappa shape index (κ3) is 4.16. The molecule has 8 heteroatoms. The normalized spacial score (nSPS) is 14.8. The highest BCUT2D eigenvalue weighted by Gasteiger charge is 2.26. The van der Waals surface area contributed by atoms with Crippen LogP contribution in [0.5, 0.6) is 0 Å². The monoisotopic (exact) mass is 378 g/mol. The number of carbonyl (C=O) groups excluding carboxylic acids is 1. The zero-order valence-corrected chi connectivity index (χ0v) is 15.7. The molecule has 28 heavy (non-hydrogen) atoms. The summed E-state index contributed by atoms with van der Waals surface area (Å²) in [5, 5.41) is 15.2. The standard InChI is InChI=1S/C20H22N6O2/c1-14-7-8-17(24-23-14)26-11-9-16(10-12-26)20(27)21-13-18-22-19(25-28-18)15-5-3-2-4-6-15/h2-8,16H,9-13H2,1H3,(H,21,27). The van der Waals surface area contributed by atoms with Gasteiger partial charge in [-0.1, -0.05) is 35.5 Å². The minimum atomic E-state index is -0.0221. The van der Waals surface area contributed by atoms with Crippen molar-refractivity contribution in [1.29, 1.82) is 0 Å². The Balaban J connectivity index is 1.27. The van der Waals surface area contributed by atoms with Gasteiger partial charge in [0.05, 0.1) is 12.2 Å². The molecule has 0 unspecified atom stereocenters. The van der Waals surface area contributed by atoms with Crippen molar-refractivity contribution < 1.29 is 9.32 Å². The van der Waals surface area contributed by atoms with E-state index < -0.39 is 0 Å². The van der Waals surface area contributed by atoms with Gasteiger partial charge in [0.25, 0.3) is 0 Å². The van der Waals surface area contributed by atoms with Crippen LogP contribution in [0.2, 0.25) is 0 Å². The molecule has 3 heterocycles. The predicted molar refractivity (Wildman–Crippen MR) is 103 cm³/mol. The van der Waals surface area contributed by atoms with Crippen LogP contribution < -0.4 is 10.2 Å². The van der Waals surface area contributed by atoms with E-state index in [1.54, 1.807) is 0 Å². The van der Waals surface area contributed by atoms with E-state index >= 15 is 0 Å². The summed E-state index contributed by atoms with van der Waals surface area (Å²) in [7, 11) is 0. The largest absolute Gasteiger partial charge is 0.355 e. The van der Waals surface area contributed by atoms with E-state index in [9.17, 15) is 4.79 Å². The summed E-state index contributed by atoms with van der Waals surface area (Å²) in [6.07, 6.45) is 1.56. The Morgan fingerprint density at radius 2 is 1.93 bits per heavy atom. The molecule has 1 N–H and O–H groups in total. The summed E-state index contributed by atoms with van der Waals surface area (Å²) < 4.78 is 5.24.